The molecule has 0 aliphatic carbocycles. The molecule has 24 heavy (non-hydrogen) atoms. The lowest BCUT2D eigenvalue weighted by molar-refractivity contribution is -0.162. The van der Waals surface area contributed by atoms with Gasteiger partial charge in [0.2, 0.25) is 5.82 Å². The van der Waals surface area contributed by atoms with E-state index in [2.05, 4.69) is 10.2 Å². The van der Waals surface area contributed by atoms with E-state index in [1.807, 2.05) is 32.6 Å². The first-order chi connectivity index (χ1) is 11.3. The molecule has 0 spiro atoms. The van der Waals surface area contributed by atoms with Crippen LogP contribution in [0.2, 0.25) is 0 Å². The molecule has 0 amide bonds. The number of fused-ring (bicyclic) bond motifs is 1. The number of esters is 1. The van der Waals surface area contributed by atoms with Crippen molar-refractivity contribution in [1.29, 1.82) is 0 Å². The zero-order valence-electron chi connectivity index (χ0n) is 14.9. The molecule has 3 rings (SSSR count). The molecule has 0 radical (unpaired) electrons. The predicted molar refractivity (Wildman–Crippen MR) is 89.9 cm³/mol. The number of carbonyl (C=O) groups excluding carboxylic acids is 1. The van der Waals surface area contributed by atoms with E-state index in [4.69, 9.17) is 4.74 Å². The Morgan fingerprint density at radius 2 is 2.00 bits per heavy atom. The lowest BCUT2D eigenvalue weighted by Gasteiger charge is -2.36. The van der Waals surface area contributed by atoms with Gasteiger partial charge in [-0.05, 0) is 39.5 Å². The average molecular weight is 334 g/mol. The normalized spacial score (nSPS) is 23.9. The van der Waals surface area contributed by atoms with Crippen LogP contribution in [-0.2, 0) is 22.5 Å². The maximum Gasteiger partial charge on any atom is 0.309 e. The van der Waals surface area contributed by atoms with Crippen LogP contribution in [0.15, 0.2) is 4.79 Å². The number of ether oxygens (including phenoxy) is 1. The number of hydrogen-bond acceptors (Lipinski definition) is 6. The Balaban J connectivity index is 1.72. The molecule has 1 fully saturated rings. The third-order valence-electron chi connectivity index (χ3n) is 4.70. The molecule has 132 valence electrons. The SMILES string of the molecule is CC1CN(c2nnc3n(c2=O)CCC3)CCC1C(=O)OC(C)(C)C. The van der Waals surface area contributed by atoms with Gasteiger partial charge < -0.3 is 9.64 Å². The summed E-state index contributed by atoms with van der Waals surface area (Å²) in [7, 11) is 0. The molecule has 3 heterocycles. The fourth-order valence-corrected chi connectivity index (χ4v) is 3.51. The third kappa shape index (κ3) is 3.30. The van der Waals surface area contributed by atoms with Crippen molar-refractivity contribution in [3.63, 3.8) is 0 Å². The highest BCUT2D eigenvalue weighted by Crippen LogP contribution is 2.28. The number of piperidine rings is 1. The van der Waals surface area contributed by atoms with Crippen molar-refractivity contribution in [3.05, 3.63) is 16.2 Å². The summed E-state index contributed by atoms with van der Waals surface area (Å²) in [6.07, 6.45) is 2.43. The summed E-state index contributed by atoms with van der Waals surface area (Å²) >= 11 is 0. The van der Waals surface area contributed by atoms with Crippen LogP contribution in [0.3, 0.4) is 0 Å². The molecule has 2 atom stereocenters. The van der Waals surface area contributed by atoms with E-state index >= 15 is 0 Å². The zero-order valence-corrected chi connectivity index (χ0v) is 14.9. The first kappa shape index (κ1) is 16.9. The second-order valence-electron chi connectivity index (χ2n) is 7.85. The van der Waals surface area contributed by atoms with E-state index in [1.165, 1.54) is 0 Å². The number of aryl methyl sites for hydroxylation is 1. The summed E-state index contributed by atoms with van der Waals surface area (Å²) in [6, 6.07) is 0. The van der Waals surface area contributed by atoms with E-state index < -0.39 is 5.60 Å². The molecule has 1 saturated heterocycles. The molecule has 2 aliphatic heterocycles. The largest absolute Gasteiger partial charge is 0.460 e. The van der Waals surface area contributed by atoms with Gasteiger partial charge in [-0.25, -0.2) is 0 Å². The maximum absolute atomic E-state index is 12.6. The summed E-state index contributed by atoms with van der Waals surface area (Å²) in [6.45, 7) is 9.63. The molecule has 7 heteroatoms. The van der Waals surface area contributed by atoms with Crippen LogP contribution in [0.1, 0.15) is 46.4 Å². The van der Waals surface area contributed by atoms with Crippen LogP contribution in [0.4, 0.5) is 5.82 Å². The third-order valence-corrected chi connectivity index (χ3v) is 4.70. The smallest absolute Gasteiger partial charge is 0.309 e. The highest BCUT2D eigenvalue weighted by atomic mass is 16.6. The summed E-state index contributed by atoms with van der Waals surface area (Å²) in [5.41, 5.74) is -0.529. The van der Waals surface area contributed by atoms with Crippen molar-refractivity contribution >= 4 is 11.8 Å². The van der Waals surface area contributed by atoms with Crippen LogP contribution in [-0.4, -0.2) is 39.4 Å². The van der Waals surface area contributed by atoms with E-state index in [1.54, 1.807) is 4.57 Å². The second-order valence-corrected chi connectivity index (χ2v) is 7.85. The fraction of sp³-hybridized carbons (Fsp3) is 0.765. The lowest BCUT2D eigenvalue weighted by atomic mass is 9.87. The number of nitrogens with zero attached hydrogens (tertiary/aromatic N) is 4. The van der Waals surface area contributed by atoms with Gasteiger partial charge in [-0.15, -0.1) is 10.2 Å². The van der Waals surface area contributed by atoms with Crippen molar-refractivity contribution in [1.82, 2.24) is 14.8 Å². The molecule has 1 aromatic heterocycles. The van der Waals surface area contributed by atoms with Gasteiger partial charge in [0, 0.05) is 26.1 Å². The minimum absolute atomic E-state index is 0.0552. The Labute approximate surface area is 142 Å². The van der Waals surface area contributed by atoms with Gasteiger partial charge in [0.05, 0.1) is 5.92 Å². The predicted octanol–water partition coefficient (Wildman–Crippen LogP) is 1.39. The number of rotatable bonds is 2. The van der Waals surface area contributed by atoms with Gasteiger partial charge in [-0.2, -0.15) is 0 Å². The summed E-state index contributed by atoms with van der Waals surface area (Å²) in [5, 5.41) is 8.37. The van der Waals surface area contributed by atoms with Crippen LogP contribution in [0.25, 0.3) is 0 Å². The van der Waals surface area contributed by atoms with Crippen LogP contribution >= 0.6 is 0 Å². The van der Waals surface area contributed by atoms with Gasteiger partial charge in [-0.3, -0.25) is 14.2 Å². The monoisotopic (exact) mass is 334 g/mol. The molecule has 2 unspecified atom stereocenters. The standard InChI is InChI=1S/C17H26N4O3/c1-11-10-20(9-7-12(11)16(23)24-17(2,3)4)14-15(22)21-8-5-6-13(21)18-19-14/h11-12H,5-10H2,1-4H3. The lowest BCUT2D eigenvalue weighted by Crippen LogP contribution is -2.46. The van der Waals surface area contributed by atoms with Crippen LogP contribution in [0, 0.1) is 11.8 Å². The minimum Gasteiger partial charge on any atom is -0.460 e. The second kappa shape index (κ2) is 6.18. The number of carbonyl (C=O) groups is 1. The molecule has 0 saturated carbocycles. The minimum atomic E-state index is -0.474. The molecule has 7 nitrogen and oxygen atoms in total. The molecular formula is C17H26N4O3. The van der Waals surface area contributed by atoms with Crippen LogP contribution < -0.4 is 10.5 Å². The average Bonchev–Trinajstić information content (AvgIpc) is 2.95. The topological polar surface area (TPSA) is 77.3 Å². The molecule has 0 N–H and O–H groups in total. The number of anilines is 1. The first-order valence-electron chi connectivity index (χ1n) is 8.70. The summed E-state index contributed by atoms with van der Waals surface area (Å²) in [4.78, 5) is 26.9. The van der Waals surface area contributed by atoms with Crippen molar-refractivity contribution in [2.75, 3.05) is 18.0 Å². The molecule has 1 aromatic rings. The molecule has 2 aliphatic rings. The molecular weight excluding hydrogens is 308 g/mol. The van der Waals surface area contributed by atoms with Gasteiger partial charge in [-0.1, -0.05) is 6.92 Å². The number of aromatic nitrogens is 3. The highest BCUT2D eigenvalue weighted by Gasteiger charge is 2.35. The molecule has 0 bridgehead atoms. The number of hydrogen-bond donors (Lipinski definition) is 0. The van der Waals surface area contributed by atoms with Crippen molar-refractivity contribution in [3.8, 4) is 0 Å². The summed E-state index contributed by atoms with van der Waals surface area (Å²) < 4.78 is 7.25. The van der Waals surface area contributed by atoms with Gasteiger partial charge >= 0.3 is 5.97 Å². The van der Waals surface area contributed by atoms with Gasteiger partial charge in [0.15, 0.2) is 0 Å². The first-order valence-corrected chi connectivity index (χ1v) is 8.70. The van der Waals surface area contributed by atoms with E-state index in [0.29, 0.717) is 25.3 Å². The van der Waals surface area contributed by atoms with Crippen molar-refractivity contribution in [2.24, 2.45) is 11.8 Å². The van der Waals surface area contributed by atoms with E-state index in [9.17, 15) is 9.59 Å². The van der Waals surface area contributed by atoms with Gasteiger partial charge in [0.1, 0.15) is 11.4 Å². The maximum atomic E-state index is 12.6. The Bertz CT molecular complexity index is 692. The van der Waals surface area contributed by atoms with Crippen LogP contribution in [0.5, 0.6) is 0 Å². The van der Waals surface area contributed by atoms with Crippen molar-refractivity contribution < 1.29 is 9.53 Å². The fourth-order valence-electron chi connectivity index (χ4n) is 3.51. The quantitative estimate of drug-likeness (QED) is 0.761. The zero-order chi connectivity index (χ0) is 17.5. The van der Waals surface area contributed by atoms with Gasteiger partial charge in [0.25, 0.3) is 5.56 Å². The Hall–Kier alpha value is -1.92. The Kier molecular flexibility index (Phi) is 4.36. The van der Waals surface area contributed by atoms with E-state index in [0.717, 1.165) is 25.2 Å². The summed E-state index contributed by atoms with van der Waals surface area (Å²) in [5.74, 6) is 1.01. The molecule has 0 aromatic carbocycles. The Morgan fingerprint density at radius 3 is 2.67 bits per heavy atom. The Morgan fingerprint density at radius 1 is 1.25 bits per heavy atom. The highest BCUT2D eigenvalue weighted by molar-refractivity contribution is 5.73. The van der Waals surface area contributed by atoms with E-state index in [-0.39, 0.29) is 23.4 Å². The van der Waals surface area contributed by atoms with Crippen molar-refractivity contribution in [2.45, 2.75) is 59.1 Å².